The standard InChI is InChI=1S/C25H36N2OS/c1-29-16-24-11-17-13-25(15-24,19-5-3-2-4-6-19)14-18(12-24)22(17)23(28)27-21-9-7-20(26)8-10-21/h2-6,17-18,20-22H,7-16,26H2,1H3,(H,27,28). The first kappa shape index (κ1) is 19.9. The third-order valence-corrected chi connectivity index (χ3v) is 9.58. The maximum atomic E-state index is 13.4. The lowest BCUT2D eigenvalue weighted by Gasteiger charge is -2.65. The van der Waals surface area contributed by atoms with Gasteiger partial charge in [0.25, 0.3) is 0 Å². The van der Waals surface area contributed by atoms with E-state index < -0.39 is 0 Å². The second-order valence-corrected chi connectivity index (χ2v) is 11.6. The van der Waals surface area contributed by atoms with Crippen LogP contribution in [0.2, 0.25) is 0 Å². The Hall–Kier alpha value is -1.00. The summed E-state index contributed by atoms with van der Waals surface area (Å²) in [4.78, 5) is 13.4. The summed E-state index contributed by atoms with van der Waals surface area (Å²) in [6.07, 6.45) is 12.7. The molecular weight excluding hydrogens is 376 g/mol. The smallest absolute Gasteiger partial charge is 0.223 e. The molecule has 5 aliphatic rings. The van der Waals surface area contributed by atoms with Gasteiger partial charge in [0.1, 0.15) is 0 Å². The van der Waals surface area contributed by atoms with E-state index in [2.05, 4.69) is 41.9 Å². The Morgan fingerprint density at radius 3 is 2.34 bits per heavy atom. The molecule has 6 rings (SSSR count). The summed E-state index contributed by atoms with van der Waals surface area (Å²) in [7, 11) is 0. The van der Waals surface area contributed by atoms with Crippen LogP contribution in [0.4, 0.5) is 0 Å². The van der Waals surface area contributed by atoms with Gasteiger partial charge in [-0.15, -0.1) is 0 Å². The SMILES string of the molecule is CSCC12CC3CC(c4ccccc4)(CC(C1)C3C(=O)NC1CCC(N)CC1)C2. The van der Waals surface area contributed by atoms with Gasteiger partial charge in [-0.2, -0.15) is 11.8 Å². The number of benzene rings is 1. The highest BCUT2D eigenvalue weighted by Crippen LogP contribution is 2.68. The molecule has 0 aromatic heterocycles. The molecule has 0 heterocycles. The van der Waals surface area contributed by atoms with Crippen molar-refractivity contribution < 1.29 is 4.79 Å². The lowest BCUT2D eigenvalue weighted by molar-refractivity contribution is -0.148. The Kier molecular flexibility index (Phi) is 5.23. The molecule has 5 fully saturated rings. The van der Waals surface area contributed by atoms with Crippen LogP contribution >= 0.6 is 11.8 Å². The van der Waals surface area contributed by atoms with E-state index in [-0.39, 0.29) is 5.92 Å². The first-order chi connectivity index (χ1) is 14.0. The highest BCUT2D eigenvalue weighted by Gasteiger charge is 2.62. The molecule has 2 unspecified atom stereocenters. The van der Waals surface area contributed by atoms with Crippen LogP contribution in [-0.2, 0) is 10.2 Å². The fourth-order valence-corrected chi connectivity index (χ4v) is 8.87. The first-order valence-electron chi connectivity index (χ1n) is 11.6. The molecule has 158 valence electrons. The second-order valence-electron chi connectivity index (χ2n) is 10.7. The van der Waals surface area contributed by atoms with E-state index >= 15 is 0 Å². The van der Waals surface area contributed by atoms with Gasteiger partial charge in [0.05, 0.1) is 0 Å². The topological polar surface area (TPSA) is 55.1 Å². The van der Waals surface area contributed by atoms with Crippen LogP contribution in [0.1, 0.15) is 63.4 Å². The summed E-state index contributed by atoms with van der Waals surface area (Å²) >= 11 is 2.01. The number of amides is 1. The molecule has 0 aliphatic heterocycles. The summed E-state index contributed by atoms with van der Waals surface area (Å²) in [5.41, 5.74) is 8.33. The fraction of sp³-hybridized carbons (Fsp3) is 0.720. The molecule has 0 saturated heterocycles. The summed E-state index contributed by atoms with van der Waals surface area (Å²) in [5.74, 6) is 2.95. The number of hydrogen-bond acceptors (Lipinski definition) is 3. The molecule has 1 aromatic rings. The average Bonchev–Trinajstić information content (AvgIpc) is 2.69. The third-order valence-electron chi connectivity index (χ3n) is 8.68. The van der Waals surface area contributed by atoms with E-state index in [4.69, 9.17) is 5.73 Å². The van der Waals surface area contributed by atoms with Gasteiger partial charge in [0, 0.05) is 18.0 Å². The van der Waals surface area contributed by atoms with Gasteiger partial charge < -0.3 is 11.1 Å². The number of nitrogens with two attached hydrogens (primary N) is 1. The molecule has 29 heavy (non-hydrogen) atoms. The van der Waals surface area contributed by atoms with Gasteiger partial charge in [-0.3, -0.25) is 4.79 Å². The molecular formula is C25H36N2OS. The number of thioether (sulfide) groups is 1. The molecule has 0 radical (unpaired) electrons. The lowest BCUT2D eigenvalue weighted by atomic mass is 9.40. The van der Waals surface area contributed by atoms with Gasteiger partial charge in [0.2, 0.25) is 5.91 Å². The quantitative estimate of drug-likeness (QED) is 0.749. The minimum Gasteiger partial charge on any atom is -0.353 e. The Morgan fingerprint density at radius 2 is 1.72 bits per heavy atom. The Balaban J connectivity index is 1.38. The zero-order chi connectivity index (χ0) is 20.1. The largest absolute Gasteiger partial charge is 0.353 e. The second kappa shape index (κ2) is 7.60. The highest BCUT2D eigenvalue weighted by atomic mass is 32.2. The summed E-state index contributed by atoms with van der Waals surface area (Å²) in [6, 6.07) is 11.9. The van der Waals surface area contributed by atoms with E-state index in [1.165, 1.54) is 43.4 Å². The molecule has 3 nitrogen and oxygen atoms in total. The summed E-state index contributed by atoms with van der Waals surface area (Å²) < 4.78 is 0. The van der Waals surface area contributed by atoms with Crippen molar-refractivity contribution in [3.63, 3.8) is 0 Å². The number of carbonyl (C=O) groups is 1. The molecule has 1 aromatic carbocycles. The maximum absolute atomic E-state index is 13.4. The van der Waals surface area contributed by atoms with Gasteiger partial charge in [0.15, 0.2) is 0 Å². The van der Waals surface area contributed by atoms with Crippen LogP contribution in [0.3, 0.4) is 0 Å². The zero-order valence-corrected chi connectivity index (χ0v) is 18.6. The minimum atomic E-state index is 0.234. The van der Waals surface area contributed by atoms with Crippen LogP contribution in [0.5, 0.6) is 0 Å². The lowest BCUT2D eigenvalue weighted by Crippen LogP contribution is -2.61. The molecule has 3 N–H and O–H groups in total. The zero-order valence-electron chi connectivity index (χ0n) is 17.7. The van der Waals surface area contributed by atoms with Crippen LogP contribution in [0.25, 0.3) is 0 Å². The number of hydrogen-bond donors (Lipinski definition) is 2. The Morgan fingerprint density at radius 1 is 1.07 bits per heavy atom. The molecule has 5 aliphatic carbocycles. The van der Waals surface area contributed by atoms with Crippen LogP contribution < -0.4 is 11.1 Å². The van der Waals surface area contributed by atoms with E-state index in [1.807, 2.05) is 11.8 Å². The number of nitrogens with one attached hydrogen (secondary N) is 1. The van der Waals surface area contributed by atoms with E-state index in [0.29, 0.717) is 40.7 Å². The van der Waals surface area contributed by atoms with E-state index in [0.717, 1.165) is 25.7 Å². The molecule has 5 saturated carbocycles. The molecule has 4 heteroatoms. The van der Waals surface area contributed by atoms with Crippen molar-refractivity contribution in [2.24, 2.45) is 28.9 Å². The first-order valence-corrected chi connectivity index (χ1v) is 13.0. The third kappa shape index (κ3) is 3.54. The van der Waals surface area contributed by atoms with Gasteiger partial charge >= 0.3 is 0 Å². The van der Waals surface area contributed by atoms with Crippen molar-refractivity contribution in [1.29, 1.82) is 0 Å². The molecule has 0 spiro atoms. The van der Waals surface area contributed by atoms with Gasteiger partial charge in [-0.05, 0) is 98.0 Å². The van der Waals surface area contributed by atoms with Crippen molar-refractivity contribution in [3.05, 3.63) is 35.9 Å². The van der Waals surface area contributed by atoms with E-state index in [1.54, 1.807) is 0 Å². The highest BCUT2D eigenvalue weighted by molar-refractivity contribution is 7.98. The molecule has 2 atom stereocenters. The molecule has 4 bridgehead atoms. The van der Waals surface area contributed by atoms with Crippen molar-refractivity contribution in [1.82, 2.24) is 5.32 Å². The Labute approximate surface area is 180 Å². The van der Waals surface area contributed by atoms with Crippen LogP contribution in [-0.4, -0.2) is 30.0 Å². The predicted octanol–water partition coefficient (Wildman–Crippen LogP) is 4.50. The Bertz CT molecular complexity index is 726. The predicted molar refractivity (Wildman–Crippen MR) is 121 cm³/mol. The molecule has 1 amide bonds. The summed E-state index contributed by atoms with van der Waals surface area (Å²) in [5, 5.41) is 3.46. The van der Waals surface area contributed by atoms with Crippen molar-refractivity contribution in [2.75, 3.05) is 12.0 Å². The van der Waals surface area contributed by atoms with Crippen LogP contribution in [0, 0.1) is 23.2 Å². The van der Waals surface area contributed by atoms with Crippen molar-refractivity contribution in [3.8, 4) is 0 Å². The monoisotopic (exact) mass is 412 g/mol. The van der Waals surface area contributed by atoms with E-state index in [9.17, 15) is 4.79 Å². The maximum Gasteiger partial charge on any atom is 0.223 e. The summed E-state index contributed by atoms with van der Waals surface area (Å²) in [6.45, 7) is 0. The number of rotatable bonds is 5. The van der Waals surface area contributed by atoms with Gasteiger partial charge in [-0.1, -0.05) is 30.3 Å². The fourth-order valence-electron chi connectivity index (χ4n) is 7.92. The normalized spacial score (nSPS) is 43.3. The van der Waals surface area contributed by atoms with Crippen LogP contribution in [0.15, 0.2) is 30.3 Å². The van der Waals surface area contributed by atoms with Crippen molar-refractivity contribution >= 4 is 17.7 Å². The number of carbonyl (C=O) groups excluding carboxylic acids is 1. The average molecular weight is 413 g/mol. The minimum absolute atomic E-state index is 0.234. The van der Waals surface area contributed by atoms with Gasteiger partial charge in [-0.25, -0.2) is 0 Å². The van der Waals surface area contributed by atoms with Crippen molar-refractivity contribution in [2.45, 2.75) is 75.3 Å².